The van der Waals surface area contributed by atoms with Crippen molar-refractivity contribution >= 4 is 28.3 Å². The van der Waals surface area contributed by atoms with Crippen LogP contribution in [0.2, 0.25) is 0 Å². The van der Waals surface area contributed by atoms with E-state index < -0.39 is 0 Å². The van der Waals surface area contributed by atoms with Crippen LogP contribution in [0.4, 0.5) is 0 Å². The Labute approximate surface area is 70.7 Å². The molecule has 0 aromatic carbocycles. The first-order valence-electron chi connectivity index (χ1n) is 2.59. The summed E-state index contributed by atoms with van der Waals surface area (Å²) < 4.78 is 0. The number of thiophene rings is 1. The molecule has 0 radical (unpaired) electrons. The molecular formula is C6H12BrNS. The lowest BCUT2D eigenvalue weighted by molar-refractivity contribution is 1.14. The highest BCUT2D eigenvalue weighted by atomic mass is 79.9. The maximum absolute atomic E-state index is 4.85. The summed E-state index contributed by atoms with van der Waals surface area (Å²) in [7, 11) is 0. The molecule has 0 fully saturated rings. The summed E-state index contributed by atoms with van der Waals surface area (Å²) in [6.07, 6.45) is 0. The van der Waals surface area contributed by atoms with Gasteiger partial charge in [-0.2, -0.15) is 11.3 Å². The van der Waals surface area contributed by atoms with Crippen molar-refractivity contribution in [3.8, 4) is 0 Å². The van der Waals surface area contributed by atoms with Crippen molar-refractivity contribution in [1.82, 2.24) is 0 Å². The first-order valence-corrected chi connectivity index (χ1v) is 3.53. The average Bonchev–Trinajstić information content (AvgIpc) is 2.17. The highest BCUT2D eigenvalue weighted by molar-refractivity contribution is 8.93. The van der Waals surface area contributed by atoms with Crippen LogP contribution in [0, 0.1) is 0 Å². The highest BCUT2D eigenvalue weighted by Gasteiger charge is 1.58. The zero-order valence-corrected chi connectivity index (χ0v) is 7.94. The zero-order chi connectivity index (χ0) is 6.24. The van der Waals surface area contributed by atoms with Crippen LogP contribution in [0.5, 0.6) is 0 Å². The smallest absolute Gasteiger partial charge is 0.00934 e. The highest BCUT2D eigenvalue weighted by Crippen LogP contribution is 1.91. The summed E-state index contributed by atoms with van der Waals surface area (Å²) >= 11 is 1.71. The monoisotopic (exact) mass is 209 g/mol. The third-order valence-corrected chi connectivity index (χ3v) is 1.05. The molecular weight excluding hydrogens is 198 g/mol. The molecule has 9 heavy (non-hydrogen) atoms. The van der Waals surface area contributed by atoms with Crippen LogP contribution in [0.15, 0.2) is 22.9 Å². The van der Waals surface area contributed by atoms with E-state index in [1.807, 2.05) is 29.8 Å². The fourth-order valence-corrected chi connectivity index (χ4v) is 0.680. The predicted octanol–water partition coefficient (Wildman–Crippen LogP) is 2.29. The Balaban J connectivity index is 0. The van der Waals surface area contributed by atoms with Gasteiger partial charge in [-0.1, -0.05) is 19.1 Å². The van der Waals surface area contributed by atoms with Crippen LogP contribution >= 0.6 is 28.3 Å². The van der Waals surface area contributed by atoms with Crippen LogP contribution in [0.25, 0.3) is 0 Å². The number of halogens is 1. The predicted molar refractivity (Wildman–Crippen MR) is 49.4 cm³/mol. The summed E-state index contributed by atoms with van der Waals surface area (Å²) in [4.78, 5) is 0. The first kappa shape index (κ1) is 11.9. The van der Waals surface area contributed by atoms with E-state index in [2.05, 4.69) is 0 Å². The van der Waals surface area contributed by atoms with Gasteiger partial charge in [0.25, 0.3) is 0 Å². The molecule has 0 unspecified atom stereocenters. The summed E-state index contributed by atoms with van der Waals surface area (Å²) in [5, 5.41) is 4.08. The van der Waals surface area contributed by atoms with Gasteiger partial charge in [-0.25, -0.2) is 0 Å². The molecule has 1 aromatic heterocycles. The molecule has 2 N–H and O–H groups in total. The Hall–Kier alpha value is 0.140. The Morgan fingerprint density at radius 1 is 1.33 bits per heavy atom. The summed E-state index contributed by atoms with van der Waals surface area (Å²) in [6.45, 7) is 2.65. The van der Waals surface area contributed by atoms with Gasteiger partial charge in [0.1, 0.15) is 0 Å². The largest absolute Gasteiger partial charge is 0.331 e. The van der Waals surface area contributed by atoms with Gasteiger partial charge >= 0.3 is 0 Å². The fraction of sp³-hybridized carbons (Fsp3) is 0.333. The maximum atomic E-state index is 4.85. The van der Waals surface area contributed by atoms with Gasteiger partial charge in [-0.3, -0.25) is 0 Å². The third kappa shape index (κ3) is 11.6. The van der Waals surface area contributed by atoms with Crippen molar-refractivity contribution in [3.63, 3.8) is 0 Å². The van der Waals surface area contributed by atoms with Crippen LogP contribution in [-0.4, -0.2) is 6.54 Å². The summed E-state index contributed by atoms with van der Waals surface area (Å²) in [6, 6.07) is 4.04. The van der Waals surface area contributed by atoms with Crippen molar-refractivity contribution in [2.45, 2.75) is 6.92 Å². The Bertz CT molecular complexity index is 80.0. The molecule has 3 heteroatoms. The zero-order valence-electron chi connectivity index (χ0n) is 5.41. The van der Waals surface area contributed by atoms with E-state index >= 15 is 0 Å². The van der Waals surface area contributed by atoms with Crippen LogP contribution in [0.3, 0.4) is 0 Å². The van der Waals surface area contributed by atoms with Crippen molar-refractivity contribution in [1.29, 1.82) is 0 Å². The van der Waals surface area contributed by atoms with E-state index in [0.29, 0.717) is 0 Å². The fourth-order valence-electron chi connectivity index (χ4n) is 0.227. The minimum atomic E-state index is 0. The van der Waals surface area contributed by atoms with Crippen molar-refractivity contribution in [2.75, 3.05) is 6.54 Å². The van der Waals surface area contributed by atoms with E-state index in [4.69, 9.17) is 5.73 Å². The quantitative estimate of drug-likeness (QED) is 0.698. The Kier molecular flexibility index (Phi) is 14.5. The lowest BCUT2D eigenvalue weighted by atomic mass is 10.7. The molecule has 0 aliphatic carbocycles. The summed E-state index contributed by atoms with van der Waals surface area (Å²) in [5.41, 5.74) is 4.85. The Morgan fingerprint density at radius 2 is 1.67 bits per heavy atom. The van der Waals surface area contributed by atoms with E-state index in [-0.39, 0.29) is 17.0 Å². The van der Waals surface area contributed by atoms with Gasteiger partial charge in [0, 0.05) is 0 Å². The first-order chi connectivity index (χ1) is 3.91. The van der Waals surface area contributed by atoms with Crippen molar-refractivity contribution < 1.29 is 0 Å². The number of hydrogen-bond acceptors (Lipinski definition) is 2. The lowest BCUT2D eigenvalue weighted by Crippen LogP contribution is -1.87. The summed E-state index contributed by atoms with van der Waals surface area (Å²) in [5.74, 6) is 0. The molecule has 0 aliphatic rings. The molecule has 1 heterocycles. The Morgan fingerprint density at radius 3 is 1.78 bits per heavy atom. The second-order valence-electron chi connectivity index (χ2n) is 1.20. The molecule has 0 bridgehead atoms. The van der Waals surface area contributed by atoms with Crippen LogP contribution < -0.4 is 5.73 Å². The lowest BCUT2D eigenvalue weighted by Gasteiger charge is -1.53. The molecule has 0 amide bonds. The number of rotatable bonds is 0. The SMILES string of the molecule is Br.CCN.c1ccsc1. The van der Waals surface area contributed by atoms with E-state index in [1.165, 1.54) is 0 Å². The standard InChI is InChI=1S/C4H4S.C2H7N.BrH/c1-2-4-5-3-1;1-2-3;/h1-4H;2-3H2,1H3;1H. The van der Waals surface area contributed by atoms with Crippen LogP contribution in [-0.2, 0) is 0 Å². The minimum Gasteiger partial charge on any atom is -0.331 e. The number of nitrogens with two attached hydrogens (primary N) is 1. The molecule has 0 atom stereocenters. The minimum absolute atomic E-state index is 0. The molecule has 0 aliphatic heterocycles. The van der Waals surface area contributed by atoms with E-state index in [1.54, 1.807) is 11.3 Å². The third-order valence-electron chi connectivity index (χ3n) is 0.425. The van der Waals surface area contributed by atoms with Crippen molar-refractivity contribution in [3.05, 3.63) is 22.9 Å². The van der Waals surface area contributed by atoms with Gasteiger partial charge in [-0.15, -0.1) is 17.0 Å². The van der Waals surface area contributed by atoms with Gasteiger partial charge in [-0.05, 0) is 17.3 Å². The number of hydrogen-bond donors (Lipinski definition) is 1. The molecule has 0 saturated carbocycles. The second-order valence-corrected chi connectivity index (χ2v) is 2.02. The maximum Gasteiger partial charge on any atom is -0.00934 e. The van der Waals surface area contributed by atoms with Crippen molar-refractivity contribution in [2.24, 2.45) is 5.73 Å². The topological polar surface area (TPSA) is 26.0 Å². The molecule has 1 nitrogen and oxygen atoms in total. The molecule has 1 rings (SSSR count). The van der Waals surface area contributed by atoms with E-state index in [0.717, 1.165) is 6.54 Å². The molecule has 1 aromatic rings. The van der Waals surface area contributed by atoms with E-state index in [9.17, 15) is 0 Å². The van der Waals surface area contributed by atoms with Gasteiger partial charge in [0.2, 0.25) is 0 Å². The van der Waals surface area contributed by atoms with Gasteiger partial charge < -0.3 is 5.73 Å². The van der Waals surface area contributed by atoms with Crippen LogP contribution in [0.1, 0.15) is 6.92 Å². The second kappa shape index (κ2) is 11.0. The normalized spacial score (nSPS) is 6.44. The molecule has 0 spiro atoms. The molecule has 0 saturated heterocycles. The average molecular weight is 210 g/mol. The van der Waals surface area contributed by atoms with Gasteiger partial charge in [0.05, 0.1) is 0 Å². The molecule has 54 valence electrons. The van der Waals surface area contributed by atoms with Gasteiger partial charge in [0.15, 0.2) is 0 Å².